The molecule has 6 heteroatoms. The Morgan fingerprint density at radius 2 is 1.39 bits per heavy atom. The lowest BCUT2D eigenvalue weighted by molar-refractivity contribution is 0.646. The van der Waals surface area contributed by atoms with Crippen LogP contribution < -0.4 is 20.0 Å². The van der Waals surface area contributed by atoms with Crippen molar-refractivity contribution in [3.05, 3.63) is 66.2 Å². The Hall–Kier alpha value is -3.28. The number of nitrogens with one attached hydrogen (secondary N) is 1. The number of aryl methyl sites for hydroxylation is 1. The van der Waals surface area contributed by atoms with Crippen molar-refractivity contribution in [1.29, 1.82) is 0 Å². The first-order valence-corrected chi connectivity index (χ1v) is 11.3. The number of para-hydroxylation sites is 1. The van der Waals surface area contributed by atoms with Crippen molar-refractivity contribution >= 4 is 29.0 Å². The van der Waals surface area contributed by atoms with Crippen molar-refractivity contribution in [2.75, 3.05) is 59.3 Å². The van der Waals surface area contributed by atoms with E-state index in [1.54, 1.807) is 0 Å². The van der Waals surface area contributed by atoms with Crippen LogP contribution in [-0.4, -0.2) is 49.2 Å². The first kappa shape index (κ1) is 19.7. The van der Waals surface area contributed by atoms with Gasteiger partial charge in [-0.25, -0.2) is 0 Å². The highest BCUT2D eigenvalue weighted by atomic mass is 15.3. The van der Waals surface area contributed by atoms with Crippen molar-refractivity contribution in [1.82, 2.24) is 9.97 Å². The molecule has 0 spiro atoms. The first-order chi connectivity index (χ1) is 15.2. The molecular weight excluding hydrogens is 384 g/mol. The fourth-order valence-corrected chi connectivity index (χ4v) is 4.32. The zero-order valence-corrected chi connectivity index (χ0v) is 18.2. The molecule has 6 nitrogen and oxygen atoms in total. The van der Waals surface area contributed by atoms with Crippen LogP contribution in [0.1, 0.15) is 18.4 Å². The zero-order chi connectivity index (χ0) is 21.0. The molecule has 2 aliphatic heterocycles. The maximum Gasteiger partial charge on any atom is 0.229 e. The van der Waals surface area contributed by atoms with Crippen LogP contribution in [0, 0.1) is 6.92 Å². The monoisotopic (exact) mass is 414 g/mol. The van der Waals surface area contributed by atoms with Gasteiger partial charge in [-0.15, -0.1) is 0 Å². The van der Waals surface area contributed by atoms with Crippen LogP contribution in [0.25, 0.3) is 0 Å². The summed E-state index contributed by atoms with van der Waals surface area (Å²) in [6, 6.07) is 21.2. The average molecular weight is 415 g/mol. The molecule has 1 N–H and O–H groups in total. The number of benzene rings is 2. The summed E-state index contributed by atoms with van der Waals surface area (Å²) in [7, 11) is 0. The van der Waals surface area contributed by atoms with Gasteiger partial charge in [-0.1, -0.05) is 35.9 Å². The SMILES string of the molecule is Cc1ccc(Nc2cc(N3CCN(c4ccccc4)CC3)nc(N3CCCC3)n2)cc1. The van der Waals surface area contributed by atoms with Crippen molar-refractivity contribution in [3.8, 4) is 0 Å². The number of hydrogen-bond donors (Lipinski definition) is 1. The third-order valence-electron chi connectivity index (χ3n) is 6.14. The molecule has 0 aliphatic carbocycles. The van der Waals surface area contributed by atoms with Gasteiger partial charge < -0.3 is 20.0 Å². The lowest BCUT2D eigenvalue weighted by Gasteiger charge is -2.37. The van der Waals surface area contributed by atoms with Gasteiger partial charge in [-0.2, -0.15) is 9.97 Å². The number of rotatable bonds is 5. The maximum absolute atomic E-state index is 4.97. The molecule has 5 rings (SSSR count). The highest BCUT2D eigenvalue weighted by Crippen LogP contribution is 2.27. The lowest BCUT2D eigenvalue weighted by atomic mass is 10.2. The molecule has 0 radical (unpaired) electrons. The molecule has 160 valence electrons. The first-order valence-electron chi connectivity index (χ1n) is 11.3. The second kappa shape index (κ2) is 8.84. The molecule has 0 saturated carbocycles. The van der Waals surface area contributed by atoms with Crippen molar-refractivity contribution in [3.63, 3.8) is 0 Å². The molecule has 2 saturated heterocycles. The van der Waals surface area contributed by atoms with Gasteiger partial charge in [-0.3, -0.25) is 0 Å². The minimum Gasteiger partial charge on any atom is -0.368 e. The van der Waals surface area contributed by atoms with Crippen LogP contribution in [0.4, 0.5) is 29.0 Å². The van der Waals surface area contributed by atoms with Gasteiger partial charge in [0.2, 0.25) is 5.95 Å². The zero-order valence-electron chi connectivity index (χ0n) is 18.2. The molecule has 31 heavy (non-hydrogen) atoms. The minimum absolute atomic E-state index is 0.843. The standard InChI is InChI=1S/C25H30N6/c1-20-9-11-21(12-10-20)26-23-19-24(28-25(27-23)31-13-5-6-14-31)30-17-15-29(16-18-30)22-7-3-2-4-8-22/h2-4,7-12,19H,5-6,13-18H2,1H3,(H,26,27,28). The smallest absolute Gasteiger partial charge is 0.229 e. The van der Waals surface area contributed by atoms with E-state index in [1.807, 2.05) is 0 Å². The largest absolute Gasteiger partial charge is 0.368 e. The van der Waals surface area contributed by atoms with E-state index >= 15 is 0 Å². The molecule has 3 heterocycles. The molecule has 2 aliphatic rings. The number of piperazine rings is 1. The Kier molecular flexibility index (Phi) is 5.61. The Balaban J connectivity index is 1.37. The molecule has 1 aromatic heterocycles. The van der Waals surface area contributed by atoms with Gasteiger partial charge in [0.05, 0.1) is 0 Å². The van der Waals surface area contributed by atoms with E-state index in [2.05, 4.69) is 87.6 Å². The van der Waals surface area contributed by atoms with E-state index in [0.29, 0.717) is 0 Å². The molecule has 0 bridgehead atoms. The van der Waals surface area contributed by atoms with Crippen molar-refractivity contribution < 1.29 is 0 Å². The third-order valence-corrected chi connectivity index (χ3v) is 6.14. The van der Waals surface area contributed by atoms with E-state index in [4.69, 9.17) is 9.97 Å². The van der Waals surface area contributed by atoms with Crippen LogP contribution >= 0.6 is 0 Å². The summed E-state index contributed by atoms with van der Waals surface area (Å²) >= 11 is 0. The normalized spacial score (nSPS) is 16.6. The number of nitrogens with zero attached hydrogens (tertiary/aromatic N) is 5. The summed E-state index contributed by atoms with van der Waals surface area (Å²) in [5, 5.41) is 3.49. The van der Waals surface area contributed by atoms with E-state index < -0.39 is 0 Å². The number of aromatic nitrogens is 2. The van der Waals surface area contributed by atoms with Gasteiger partial charge in [-0.05, 0) is 44.0 Å². The summed E-state index contributed by atoms with van der Waals surface area (Å²) in [6.07, 6.45) is 2.42. The Bertz CT molecular complexity index is 990. The summed E-state index contributed by atoms with van der Waals surface area (Å²) < 4.78 is 0. The van der Waals surface area contributed by atoms with E-state index in [1.165, 1.54) is 24.1 Å². The van der Waals surface area contributed by atoms with Crippen molar-refractivity contribution in [2.24, 2.45) is 0 Å². The summed E-state index contributed by atoms with van der Waals surface area (Å²) in [6.45, 7) is 8.07. The van der Waals surface area contributed by atoms with Gasteiger partial charge in [0.15, 0.2) is 0 Å². The molecule has 0 atom stereocenters. The number of hydrogen-bond acceptors (Lipinski definition) is 6. The predicted molar refractivity (Wildman–Crippen MR) is 129 cm³/mol. The van der Waals surface area contributed by atoms with Crippen LogP contribution in [0.5, 0.6) is 0 Å². The predicted octanol–water partition coefficient (Wildman–Crippen LogP) is 4.46. The van der Waals surface area contributed by atoms with Crippen LogP contribution in [-0.2, 0) is 0 Å². The molecule has 2 fully saturated rings. The summed E-state index contributed by atoms with van der Waals surface area (Å²) in [4.78, 5) is 17.0. The Morgan fingerprint density at radius 1 is 0.710 bits per heavy atom. The Morgan fingerprint density at radius 3 is 2.10 bits per heavy atom. The fourth-order valence-electron chi connectivity index (χ4n) is 4.32. The number of anilines is 5. The highest BCUT2D eigenvalue weighted by Gasteiger charge is 2.22. The molecule has 0 unspecified atom stereocenters. The van der Waals surface area contributed by atoms with Crippen LogP contribution in [0.3, 0.4) is 0 Å². The topological polar surface area (TPSA) is 47.5 Å². The molecule has 2 aromatic carbocycles. The third kappa shape index (κ3) is 4.58. The molecule has 0 amide bonds. The van der Waals surface area contributed by atoms with Crippen LogP contribution in [0.2, 0.25) is 0 Å². The lowest BCUT2D eigenvalue weighted by Crippen LogP contribution is -2.47. The van der Waals surface area contributed by atoms with E-state index in [0.717, 1.165) is 62.5 Å². The molecule has 3 aromatic rings. The summed E-state index contributed by atoms with van der Waals surface area (Å²) in [5.74, 6) is 2.72. The molecular formula is C25H30N6. The average Bonchev–Trinajstić information content (AvgIpc) is 3.36. The van der Waals surface area contributed by atoms with E-state index in [9.17, 15) is 0 Å². The van der Waals surface area contributed by atoms with Crippen LogP contribution in [0.15, 0.2) is 60.7 Å². The quantitative estimate of drug-likeness (QED) is 0.665. The second-order valence-electron chi connectivity index (χ2n) is 8.41. The van der Waals surface area contributed by atoms with Gasteiger partial charge in [0, 0.05) is 56.7 Å². The minimum atomic E-state index is 0.843. The van der Waals surface area contributed by atoms with Crippen molar-refractivity contribution in [2.45, 2.75) is 19.8 Å². The van der Waals surface area contributed by atoms with E-state index in [-0.39, 0.29) is 0 Å². The highest BCUT2D eigenvalue weighted by molar-refractivity contribution is 5.63. The second-order valence-corrected chi connectivity index (χ2v) is 8.41. The van der Waals surface area contributed by atoms with Gasteiger partial charge >= 0.3 is 0 Å². The fraction of sp³-hybridized carbons (Fsp3) is 0.360. The maximum atomic E-state index is 4.97. The van der Waals surface area contributed by atoms with Gasteiger partial charge in [0.25, 0.3) is 0 Å². The summed E-state index contributed by atoms with van der Waals surface area (Å²) in [5.41, 5.74) is 3.60. The van der Waals surface area contributed by atoms with Gasteiger partial charge in [0.1, 0.15) is 11.6 Å². The Labute approximate surface area is 184 Å².